The summed E-state index contributed by atoms with van der Waals surface area (Å²) in [6.45, 7) is 1.53. The largest absolute Gasteiger partial charge is 0.491 e. The predicted octanol–water partition coefficient (Wildman–Crippen LogP) is 5.64. The molecule has 0 aliphatic rings. The van der Waals surface area contributed by atoms with Gasteiger partial charge in [0.05, 0.1) is 13.7 Å². The Morgan fingerprint density at radius 3 is 1.75 bits per heavy atom. The van der Waals surface area contributed by atoms with E-state index < -0.39 is 0 Å². The average molecular weight is 449 g/mol. The first-order chi connectivity index (χ1) is 15.8. The highest BCUT2D eigenvalue weighted by molar-refractivity contribution is 7.17. The molecule has 164 valence electrons. The van der Waals surface area contributed by atoms with E-state index in [0.29, 0.717) is 19.8 Å². The molecule has 1 aromatic heterocycles. The third kappa shape index (κ3) is 5.57. The minimum Gasteiger partial charge on any atom is -0.491 e. The van der Waals surface area contributed by atoms with Crippen molar-refractivity contribution in [1.82, 2.24) is 10.2 Å². The van der Waals surface area contributed by atoms with Gasteiger partial charge in [-0.3, -0.25) is 0 Å². The Bertz CT molecular complexity index is 1110. The lowest BCUT2D eigenvalue weighted by Gasteiger charge is -2.07. The first kappa shape index (κ1) is 22.1. The van der Waals surface area contributed by atoms with E-state index in [9.17, 15) is 0 Å². The highest BCUT2D eigenvalue weighted by Crippen LogP contribution is 2.31. The van der Waals surface area contributed by atoms with Gasteiger partial charge >= 0.3 is 0 Å². The van der Waals surface area contributed by atoms with Crippen LogP contribution in [0.4, 0.5) is 0 Å². The maximum Gasteiger partial charge on any atom is 0.148 e. The van der Waals surface area contributed by atoms with Gasteiger partial charge in [0.25, 0.3) is 0 Å². The quantitative estimate of drug-likeness (QED) is 0.178. The van der Waals surface area contributed by atoms with Crippen LogP contribution in [0, 0.1) is 0 Å². The van der Waals surface area contributed by atoms with Crippen molar-refractivity contribution in [2.45, 2.75) is 6.61 Å². The summed E-state index contributed by atoms with van der Waals surface area (Å²) in [5, 5.41) is 10.5. The van der Waals surface area contributed by atoms with E-state index in [0.717, 1.165) is 43.6 Å². The fraction of sp³-hybridized carbons (Fsp3) is 0.200. The van der Waals surface area contributed by atoms with Crippen molar-refractivity contribution in [2.75, 3.05) is 27.4 Å². The normalized spacial score (nSPS) is 10.9. The zero-order chi connectivity index (χ0) is 22.2. The van der Waals surface area contributed by atoms with Gasteiger partial charge < -0.3 is 9.47 Å². The van der Waals surface area contributed by atoms with E-state index in [-0.39, 0.29) is 0 Å². The van der Waals surface area contributed by atoms with Crippen LogP contribution < -0.4 is 4.74 Å². The van der Waals surface area contributed by atoms with Gasteiger partial charge in [0.2, 0.25) is 0 Å². The molecule has 0 bridgehead atoms. The van der Waals surface area contributed by atoms with Gasteiger partial charge in [-0.05, 0) is 28.8 Å². The Morgan fingerprint density at radius 1 is 0.656 bits per heavy atom. The summed E-state index contributed by atoms with van der Waals surface area (Å²) >= 11 is 1.57. The molecule has 4 aromatic rings. The number of hydrogen-bond donors (Lipinski definition) is 0. The number of hydrogen-bond acceptors (Lipinski definition) is 7. The third-order valence-corrected chi connectivity index (χ3v) is 5.87. The Kier molecular flexibility index (Phi) is 7.58. The third-order valence-electron chi connectivity index (χ3n) is 4.85. The number of ether oxygens (including phenoxy) is 2. The maximum atomic E-state index is 5.63. The van der Waals surface area contributed by atoms with Gasteiger partial charge in [0.1, 0.15) is 29.0 Å². The summed E-state index contributed by atoms with van der Waals surface area (Å²) in [7, 11) is 3.16. The number of nitrogens with zero attached hydrogens (tertiary/aromatic N) is 2. The van der Waals surface area contributed by atoms with Crippen LogP contribution in [0.2, 0.25) is 0 Å². The lowest BCUT2D eigenvalue weighted by molar-refractivity contribution is -0.282. The SMILES string of the molecule is COCCOc1ccc(-c2ccc(-c3nnc(-c4ccc(COOC)cc4)s3)cc2)cc1. The summed E-state index contributed by atoms with van der Waals surface area (Å²) in [4.78, 5) is 9.60. The second kappa shape index (κ2) is 11.0. The highest BCUT2D eigenvalue weighted by Gasteiger charge is 2.09. The van der Waals surface area contributed by atoms with Crippen molar-refractivity contribution in [2.24, 2.45) is 0 Å². The van der Waals surface area contributed by atoms with E-state index in [1.807, 2.05) is 36.4 Å². The smallest absolute Gasteiger partial charge is 0.148 e. The number of benzene rings is 3. The van der Waals surface area contributed by atoms with E-state index in [1.165, 1.54) is 7.11 Å². The average Bonchev–Trinajstić information content (AvgIpc) is 3.34. The van der Waals surface area contributed by atoms with E-state index in [2.05, 4.69) is 51.5 Å². The van der Waals surface area contributed by atoms with Gasteiger partial charge in [0.15, 0.2) is 0 Å². The second-order valence-electron chi connectivity index (χ2n) is 6.98. The molecule has 0 saturated carbocycles. The van der Waals surface area contributed by atoms with Crippen molar-refractivity contribution >= 4 is 11.3 Å². The Balaban J connectivity index is 1.43. The molecule has 0 N–H and O–H groups in total. The second-order valence-corrected chi connectivity index (χ2v) is 7.96. The lowest BCUT2D eigenvalue weighted by Crippen LogP contribution is -2.03. The molecule has 1 heterocycles. The number of aromatic nitrogens is 2. The van der Waals surface area contributed by atoms with Crippen LogP contribution in [0.15, 0.2) is 72.8 Å². The van der Waals surface area contributed by atoms with Crippen LogP contribution in [0.25, 0.3) is 32.3 Å². The van der Waals surface area contributed by atoms with Crippen LogP contribution in [-0.4, -0.2) is 37.6 Å². The summed E-state index contributed by atoms with van der Waals surface area (Å²) in [6, 6.07) is 24.4. The molecule has 3 aromatic carbocycles. The number of rotatable bonds is 10. The van der Waals surface area contributed by atoms with Crippen molar-refractivity contribution in [1.29, 1.82) is 0 Å². The summed E-state index contributed by atoms with van der Waals surface area (Å²) < 4.78 is 10.6. The van der Waals surface area contributed by atoms with Crippen molar-refractivity contribution in [3.05, 3.63) is 78.4 Å². The topological polar surface area (TPSA) is 62.7 Å². The van der Waals surface area contributed by atoms with Gasteiger partial charge in [-0.1, -0.05) is 72.0 Å². The molecule has 0 fully saturated rings. The molecule has 32 heavy (non-hydrogen) atoms. The molecule has 7 heteroatoms. The maximum absolute atomic E-state index is 5.63. The summed E-state index contributed by atoms with van der Waals surface area (Å²) in [5.41, 5.74) is 5.37. The fourth-order valence-electron chi connectivity index (χ4n) is 3.12. The minimum absolute atomic E-state index is 0.411. The van der Waals surface area contributed by atoms with Crippen LogP contribution in [-0.2, 0) is 21.1 Å². The van der Waals surface area contributed by atoms with E-state index in [1.54, 1.807) is 18.4 Å². The Labute approximate surface area is 191 Å². The van der Waals surface area contributed by atoms with Gasteiger partial charge in [-0.15, -0.1) is 10.2 Å². The first-order valence-electron chi connectivity index (χ1n) is 10.2. The zero-order valence-electron chi connectivity index (χ0n) is 18.0. The summed E-state index contributed by atoms with van der Waals surface area (Å²) in [5.74, 6) is 0.836. The molecule has 0 saturated heterocycles. The van der Waals surface area contributed by atoms with Crippen LogP contribution in [0.3, 0.4) is 0 Å². The monoisotopic (exact) mass is 448 g/mol. The molecule has 0 amide bonds. The Hall–Kier alpha value is -3.10. The molecular weight excluding hydrogens is 424 g/mol. The highest BCUT2D eigenvalue weighted by atomic mass is 32.1. The van der Waals surface area contributed by atoms with Crippen LogP contribution in [0.5, 0.6) is 5.75 Å². The first-order valence-corrected chi connectivity index (χ1v) is 11.0. The molecular formula is C25H24N2O4S. The molecule has 0 unspecified atom stereocenters. The van der Waals surface area contributed by atoms with E-state index in [4.69, 9.17) is 14.4 Å². The molecule has 6 nitrogen and oxygen atoms in total. The van der Waals surface area contributed by atoms with Gasteiger partial charge in [0, 0.05) is 18.2 Å². The standard InChI is InChI=1S/C25H24N2O4S/c1-28-15-16-30-23-13-11-20(12-14-23)19-7-9-22(10-8-19)25-27-26-24(32-25)21-5-3-18(4-6-21)17-31-29-2/h3-14H,15-17H2,1-2H3. The van der Waals surface area contributed by atoms with Gasteiger partial charge in [-0.2, -0.15) is 0 Å². The van der Waals surface area contributed by atoms with Crippen LogP contribution >= 0.6 is 11.3 Å². The molecule has 4 rings (SSSR count). The van der Waals surface area contributed by atoms with Crippen molar-refractivity contribution in [3.8, 4) is 38.0 Å². The Morgan fingerprint density at radius 2 is 1.19 bits per heavy atom. The molecule has 0 aliphatic heterocycles. The molecule has 0 aliphatic carbocycles. The number of methoxy groups -OCH3 is 1. The zero-order valence-corrected chi connectivity index (χ0v) is 18.8. The lowest BCUT2D eigenvalue weighted by atomic mass is 10.0. The van der Waals surface area contributed by atoms with E-state index >= 15 is 0 Å². The fourth-order valence-corrected chi connectivity index (χ4v) is 3.97. The molecule has 0 atom stereocenters. The predicted molar refractivity (Wildman–Crippen MR) is 125 cm³/mol. The summed E-state index contributed by atoms with van der Waals surface area (Å²) in [6.07, 6.45) is 0. The van der Waals surface area contributed by atoms with Crippen molar-refractivity contribution < 1.29 is 19.2 Å². The van der Waals surface area contributed by atoms with Crippen LogP contribution in [0.1, 0.15) is 5.56 Å². The minimum atomic E-state index is 0.411. The molecule has 0 spiro atoms. The van der Waals surface area contributed by atoms with Crippen molar-refractivity contribution in [3.63, 3.8) is 0 Å². The molecule has 0 radical (unpaired) electrons. The van der Waals surface area contributed by atoms with Gasteiger partial charge in [-0.25, -0.2) is 9.78 Å².